The van der Waals surface area contributed by atoms with Crippen LogP contribution in [0, 0.1) is 5.41 Å². The van der Waals surface area contributed by atoms with Crippen LogP contribution < -0.4 is 11.1 Å². The van der Waals surface area contributed by atoms with E-state index < -0.39 is 0 Å². The van der Waals surface area contributed by atoms with Crippen molar-refractivity contribution < 1.29 is 4.79 Å². The number of nitrogens with two attached hydrogens (primary N) is 1. The van der Waals surface area contributed by atoms with Gasteiger partial charge in [0.2, 0.25) is 0 Å². The molecule has 0 spiro atoms. The van der Waals surface area contributed by atoms with Crippen molar-refractivity contribution in [2.24, 2.45) is 11.1 Å². The minimum atomic E-state index is -0.0481. The van der Waals surface area contributed by atoms with Crippen molar-refractivity contribution in [1.29, 1.82) is 0 Å². The van der Waals surface area contributed by atoms with E-state index in [2.05, 4.69) is 26.1 Å². The molecule has 3 nitrogen and oxygen atoms in total. The maximum atomic E-state index is 12.1. The number of unbranched alkanes of at least 4 members (excludes halogenated alkanes) is 2. The van der Waals surface area contributed by atoms with E-state index in [9.17, 15) is 4.79 Å². The number of carbonyl (C=O) groups excluding carboxylic acids is 1. The highest BCUT2D eigenvalue weighted by atomic mass is 32.1. The van der Waals surface area contributed by atoms with Crippen LogP contribution in [0.3, 0.4) is 0 Å². The maximum Gasteiger partial charge on any atom is 0.251 e. The third kappa shape index (κ3) is 6.25. The number of nitrogens with one attached hydrogen (secondary N) is 1. The van der Waals surface area contributed by atoms with Crippen LogP contribution >= 0.6 is 12.2 Å². The first kappa shape index (κ1) is 17.6. The molecule has 0 unspecified atom stereocenters. The quantitative estimate of drug-likeness (QED) is 0.569. The minimum Gasteiger partial charge on any atom is -0.389 e. The summed E-state index contributed by atoms with van der Waals surface area (Å²) in [5.74, 6) is -0.0481. The van der Waals surface area contributed by atoms with Crippen LogP contribution in [0.2, 0.25) is 0 Å². The fraction of sp³-hybridized carbons (Fsp3) is 0.529. The van der Waals surface area contributed by atoms with Gasteiger partial charge < -0.3 is 11.1 Å². The van der Waals surface area contributed by atoms with Crippen molar-refractivity contribution in [2.75, 3.05) is 6.54 Å². The lowest BCUT2D eigenvalue weighted by atomic mass is 9.87. The highest BCUT2D eigenvalue weighted by molar-refractivity contribution is 7.80. The first-order valence-corrected chi connectivity index (χ1v) is 7.94. The first-order chi connectivity index (χ1) is 9.85. The Morgan fingerprint density at radius 2 is 1.76 bits per heavy atom. The molecule has 21 heavy (non-hydrogen) atoms. The van der Waals surface area contributed by atoms with E-state index in [-0.39, 0.29) is 11.3 Å². The van der Waals surface area contributed by atoms with E-state index in [1.165, 1.54) is 19.3 Å². The second-order valence-electron chi connectivity index (χ2n) is 6.25. The second kappa shape index (κ2) is 8.13. The summed E-state index contributed by atoms with van der Waals surface area (Å²) in [5, 5.41) is 3.01. The normalized spacial score (nSPS) is 11.2. The molecular formula is C17H26N2OS. The zero-order valence-corrected chi connectivity index (χ0v) is 14.1. The number of hydrogen-bond acceptors (Lipinski definition) is 2. The Balaban J connectivity index is 2.51. The lowest BCUT2D eigenvalue weighted by Crippen LogP contribution is -2.34. The molecule has 4 heteroatoms. The Bertz CT molecular complexity index is 480. The molecule has 0 aliphatic carbocycles. The Hall–Kier alpha value is -1.42. The Morgan fingerprint density at radius 3 is 2.29 bits per heavy atom. The van der Waals surface area contributed by atoms with Gasteiger partial charge in [-0.2, -0.15) is 0 Å². The summed E-state index contributed by atoms with van der Waals surface area (Å²) >= 11 is 4.90. The van der Waals surface area contributed by atoms with Gasteiger partial charge in [0, 0.05) is 17.7 Å². The predicted octanol–water partition coefficient (Wildman–Crippen LogP) is 3.66. The van der Waals surface area contributed by atoms with Gasteiger partial charge in [0.05, 0.1) is 0 Å². The summed E-state index contributed by atoms with van der Waals surface area (Å²) < 4.78 is 0. The van der Waals surface area contributed by atoms with Gasteiger partial charge in [-0.15, -0.1) is 0 Å². The zero-order chi connectivity index (χ0) is 15.9. The molecule has 0 aromatic heterocycles. The number of thiocarbonyl (C=S) groups is 1. The fourth-order valence-electron chi connectivity index (χ4n) is 2.15. The predicted molar refractivity (Wildman–Crippen MR) is 92.6 cm³/mol. The summed E-state index contributed by atoms with van der Waals surface area (Å²) in [7, 11) is 0. The second-order valence-corrected chi connectivity index (χ2v) is 6.69. The van der Waals surface area contributed by atoms with Gasteiger partial charge >= 0.3 is 0 Å². The average molecular weight is 306 g/mol. The molecule has 0 heterocycles. The maximum absolute atomic E-state index is 12.1. The number of amides is 1. The van der Waals surface area contributed by atoms with E-state index in [0.717, 1.165) is 12.0 Å². The molecule has 0 aliphatic rings. The topological polar surface area (TPSA) is 55.1 Å². The molecule has 1 aromatic carbocycles. The molecule has 1 amide bonds. The molecule has 0 saturated heterocycles. The standard InChI is InChI=1S/C17H26N2OS/c1-4-5-6-11-17(2,3)12-19-16(20)14-9-7-13(8-10-14)15(18)21/h7-10H,4-6,11-12H2,1-3H3,(H2,18,21)(H,19,20). The highest BCUT2D eigenvalue weighted by Crippen LogP contribution is 2.22. The fourth-order valence-corrected chi connectivity index (χ4v) is 2.29. The number of benzene rings is 1. The summed E-state index contributed by atoms with van der Waals surface area (Å²) in [4.78, 5) is 12.5. The van der Waals surface area contributed by atoms with E-state index in [4.69, 9.17) is 18.0 Å². The third-order valence-corrected chi connectivity index (χ3v) is 3.85. The summed E-state index contributed by atoms with van der Waals surface area (Å²) in [6.07, 6.45) is 4.80. The van der Waals surface area contributed by atoms with Crippen LogP contribution in [-0.2, 0) is 0 Å². The van der Waals surface area contributed by atoms with Crippen LogP contribution in [0.5, 0.6) is 0 Å². The third-order valence-electron chi connectivity index (χ3n) is 3.62. The van der Waals surface area contributed by atoms with Crippen LogP contribution in [0.4, 0.5) is 0 Å². The van der Waals surface area contributed by atoms with Gasteiger partial charge in [0.15, 0.2) is 0 Å². The van der Waals surface area contributed by atoms with Crippen LogP contribution in [0.15, 0.2) is 24.3 Å². The number of rotatable bonds is 8. The molecule has 0 atom stereocenters. The first-order valence-electron chi connectivity index (χ1n) is 7.54. The lowest BCUT2D eigenvalue weighted by molar-refractivity contribution is 0.0934. The van der Waals surface area contributed by atoms with Gasteiger partial charge in [-0.25, -0.2) is 0 Å². The lowest BCUT2D eigenvalue weighted by Gasteiger charge is -2.25. The summed E-state index contributed by atoms with van der Waals surface area (Å²) in [5.41, 5.74) is 7.09. The Morgan fingerprint density at radius 1 is 1.19 bits per heavy atom. The zero-order valence-electron chi connectivity index (χ0n) is 13.2. The SMILES string of the molecule is CCCCCC(C)(C)CNC(=O)c1ccc(C(N)=S)cc1. The van der Waals surface area contributed by atoms with Crippen molar-refractivity contribution in [1.82, 2.24) is 5.32 Å². The minimum absolute atomic E-state index is 0.0481. The Labute approximate surface area is 133 Å². The molecule has 0 radical (unpaired) electrons. The average Bonchev–Trinajstić information content (AvgIpc) is 2.45. The number of carbonyl (C=O) groups is 1. The molecule has 0 bridgehead atoms. The van der Waals surface area contributed by atoms with Gasteiger partial charge in [0.1, 0.15) is 4.99 Å². The van der Waals surface area contributed by atoms with Gasteiger partial charge in [-0.05, 0) is 24.0 Å². The molecular weight excluding hydrogens is 280 g/mol. The van der Waals surface area contributed by atoms with Gasteiger partial charge in [0.25, 0.3) is 5.91 Å². The molecule has 0 saturated carbocycles. The monoisotopic (exact) mass is 306 g/mol. The summed E-state index contributed by atoms with van der Waals surface area (Å²) in [6.45, 7) is 7.27. The van der Waals surface area contributed by atoms with Crippen molar-refractivity contribution in [3.8, 4) is 0 Å². The smallest absolute Gasteiger partial charge is 0.251 e. The molecule has 1 rings (SSSR count). The number of hydrogen-bond donors (Lipinski definition) is 2. The van der Waals surface area contributed by atoms with E-state index >= 15 is 0 Å². The highest BCUT2D eigenvalue weighted by Gasteiger charge is 2.18. The van der Waals surface area contributed by atoms with E-state index in [1.807, 2.05) is 0 Å². The van der Waals surface area contributed by atoms with Crippen molar-refractivity contribution in [2.45, 2.75) is 46.5 Å². The van der Waals surface area contributed by atoms with E-state index in [0.29, 0.717) is 17.1 Å². The van der Waals surface area contributed by atoms with Crippen molar-refractivity contribution in [3.05, 3.63) is 35.4 Å². The van der Waals surface area contributed by atoms with Crippen molar-refractivity contribution >= 4 is 23.1 Å². The molecule has 0 aliphatic heterocycles. The van der Waals surface area contributed by atoms with E-state index in [1.54, 1.807) is 24.3 Å². The van der Waals surface area contributed by atoms with Gasteiger partial charge in [-0.1, -0.05) is 64.4 Å². The Kier molecular flexibility index (Phi) is 6.82. The largest absolute Gasteiger partial charge is 0.389 e. The molecule has 116 valence electrons. The molecule has 0 fully saturated rings. The van der Waals surface area contributed by atoms with Crippen molar-refractivity contribution in [3.63, 3.8) is 0 Å². The molecule has 1 aromatic rings. The van der Waals surface area contributed by atoms with Crippen LogP contribution in [0.1, 0.15) is 62.4 Å². The van der Waals surface area contributed by atoms with Crippen LogP contribution in [-0.4, -0.2) is 17.4 Å². The molecule has 3 N–H and O–H groups in total. The van der Waals surface area contributed by atoms with Crippen LogP contribution in [0.25, 0.3) is 0 Å². The van der Waals surface area contributed by atoms with Gasteiger partial charge in [-0.3, -0.25) is 4.79 Å². The summed E-state index contributed by atoms with van der Waals surface area (Å²) in [6, 6.07) is 7.08.